The number of carbonyl (C=O) groups excluding carboxylic acids is 2. The fraction of sp³-hybridized carbons (Fsp3) is 0.704. The molecule has 36 heavy (non-hydrogen) atoms. The molecule has 1 heterocycles. The number of halogens is 2. The van der Waals surface area contributed by atoms with Gasteiger partial charge < -0.3 is 18.9 Å². The second kappa shape index (κ2) is 13.3. The van der Waals surface area contributed by atoms with E-state index in [1.54, 1.807) is 27.7 Å². The third-order valence-electron chi connectivity index (χ3n) is 5.95. The number of ether oxygens (including phenoxy) is 4. The molecule has 4 unspecified atom stereocenters. The van der Waals surface area contributed by atoms with Gasteiger partial charge in [-0.1, -0.05) is 26.3 Å². The van der Waals surface area contributed by atoms with E-state index in [1.165, 1.54) is 24.1 Å². The van der Waals surface area contributed by atoms with Crippen LogP contribution < -0.4 is 0 Å². The highest BCUT2D eigenvalue weighted by atomic mass is 19.1. The van der Waals surface area contributed by atoms with E-state index >= 15 is 0 Å². The van der Waals surface area contributed by atoms with Crippen LogP contribution in [0.25, 0.3) is 0 Å². The molecule has 7 nitrogen and oxygen atoms in total. The van der Waals surface area contributed by atoms with Crippen molar-refractivity contribution in [1.82, 2.24) is 4.90 Å². The van der Waals surface area contributed by atoms with E-state index in [4.69, 9.17) is 18.9 Å². The first-order valence-corrected chi connectivity index (χ1v) is 12.6. The monoisotopic (exact) mass is 513 g/mol. The standard InChI is InChI=1S/C27H41F2NO6/c1-17(2)15-34-24-18(3)35-25(31)23(30(16-33-7)26(32)36-27(4,5)6)10-8-9-20(24)13-19-11-12-21(28)14-22(19)29/h11-12,14,17-18,20,23-24H,8-10,13,15-16H2,1-7H3. The van der Waals surface area contributed by atoms with Crippen LogP contribution in [-0.2, 0) is 30.2 Å². The lowest BCUT2D eigenvalue weighted by Crippen LogP contribution is -2.49. The summed E-state index contributed by atoms with van der Waals surface area (Å²) in [6.45, 7) is 11.3. The van der Waals surface area contributed by atoms with Gasteiger partial charge in [-0.25, -0.2) is 18.4 Å². The zero-order valence-electron chi connectivity index (χ0n) is 22.5. The molecular weight excluding hydrogens is 472 g/mol. The summed E-state index contributed by atoms with van der Waals surface area (Å²) in [6.07, 6.45) is -0.0829. The van der Waals surface area contributed by atoms with Gasteiger partial charge in [-0.05, 0) is 70.4 Å². The molecule has 0 aromatic heterocycles. The molecule has 0 saturated carbocycles. The minimum Gasteiger partial charge on any atom is -0.458 e. The van der Waals surface area contributed by atoms with Crippen molar-refractivity contribution in [3.8, 4) is 0 Å². The smallest absolute Gasteiger partial charge is 0.412 e. The third kappa shape index (κ3) is 9.00. The molecule has 0 bridgehead atoms. The number of carbonyl (C=O) groups is 2. The highest BCUT2D eigenvalue weighted by Gasteiger charge is 2.39. The van der Waals surface area contributed by atoms with Gasteiger partial charge in [-0.3, -0.25) is 4.90 Å². The van der Waals surface area contributed by atoms with E-state index < -0.39 is 47.5 Å². The number of methoxy groups -OCH3 is 1. The number of hydrogen-bond acceptors (Lipinski definition) is 6. The Labute approximate surface area is 213 Å². The Hall–Kier alpha value is -2.26. The van der Waals surface area contributed by atoms with Crippen LogP contribution in [0.4, 0.5) is 13.6 Å². The van der Waals surface area contributed by atoms with Gasteiger partial charge >= 0.3 is 12.1 Å². The van der Waals surface area contributed by atoms with Crippen LogP contribution in [0.15, 0.2) is 18.2 Å². The Kier molecular flexibility index (Phi) is 11.1. The summed E-state index contributed by atoms with van der Waals surface area (Å²) in [5.41, 5.74) is -0.373. The van der Waals surface area contributed by atoms with E-state index in [9.17, 15) is 18.4 Å². The fourth-order valence-corrected chi connectivity index (χ4v) is 4.34. The molecule has 1 aliphatic rings. The molecule has 0 radical (unpaired) electrons. The number of rotatable bonds is 8. The van der Waals surface area contributed by atoms with Crippen LogP contribution in [0, 0.1) is 23.5 Å². The molecular formula is C27H41F2NO6. The Morgan fingerprint density at radius 3 is 2.50 bits per heavy atom. The van der Waals surface area contributed by atoms with Crippen LogP contribution in [0.5, 0.6) is 0 Å². The van der Waals surface area contributed by atoms with Gasteiger partial charge in [0.25, 0.3) is 0 Å². The molecule has 1 fully saturated rings. The highest BCUT2D eigenvalue weighted by molar-refractivity contribution is 5.81. The van der Waals surface area contributed by atoms with Gasteiger partial charge in [0.1, 0.15) is 36.1 Å². The van der Waals surface area contributed by atoms with Gasteiger partial charge in [-0.15, -0.1) is 0 Å². The van der Waals surface area contributed by atoms with Crippen LogP contribution in [0.1, 0.15) is 66.4 Å². The van der Waals surface area contributed by atoms with Gasteiger partial charge in [0.2, 0.25) is 0 Å². The first kappa shape index (κ1) is 30.0. The zero-order chi connectivity index (χ0) is 27.0. The summed E-state index contributed by atoms with van der Waals surface area (Å²) in [6, 6.07) is 2.64. The molecule has 204 valence electrons. The van der Waals surface area contributed by atoms with Crippen molar-refractivity contribution in [2.45, 2.75) is 91.1 Å². The molecule has 1 amide bonds. The summed E-state index contributed by atoms with van der Waals surface area (Å²) in [5, 5.41) is 0. The van der Waals surface area contributed by atoms with Crippen molar-refractivity contribution < 1.29 is 37.3 Å². The molecule has 9 heteroatoms. The number of hydrogen-bond donors (Lipinski definition) is 0. The molecule has 1 aliphatic heterocycles. The lowest BCUT2D eigenvalue weighted by molar-refractivity contribution is -0.166. The van der Waals surface area contributed by atoms with E-state index in [2.05, 4.69) is 0 Å². The van der Waals surface area contributed by atoms with Crippen molar-refractivity contribution in [2.24, 2.45) is 11.8 Å². The van der Waals surface area contributed by atoms with Crippen molar-refractivity contribution >= 4 is 12.1 Å². The molecule has 1 aromatic carbocycles. The Balaban J connectivity index is 2.33. The average Bonchev–Trinajstić information content (AvgIpc) is 2.80. The maximum Gasteiger partial charge on any atom is 0.412 e. The quantitative estimate of drug-likeness (QED) is 0.338. The third-order valence-corrected chi connectivity index (χ3v) is 5.95. The number of cyclic esters (lactones) is 1. The molecule has 0 N–H and O–H groups in total. The molecule has 0 spiro atoms. The largest absolute Gasteiger partial charge is 0.458 e. The Morgan fingerprint density at radius 1 is 1.22 bits per heavy atom. The van der Waals surface area contributed by atoms with Gasteiger partial charge in [0.15, 0.2) is 0 Å². The summed E-state index contributed by atoms with van der Waals surface area (Å²) < 4.78 is 50.7. The number of esters is 1. The number of benzene rings is 1. The van der Waals surface area contributed by atoms with Crippen LogP contribution >= 0.6 is 0 Å². The summed E-state index contributed by atoms with van der Waals surface area (Å²) >= 11 is 0. The summed E-state index contributed by atoms with van der Waals surface area (Å²) in [4.78, 5) is 27.4. The summed E-state index contributed by atoms with van der Waals surface area (Å²) in [5.74, 6) is -1.78. The van der Waals surface area contributed by atoms with Gasteiger partial charge in [0.05, 0.1) is 6.10 Å². The first-order valence-electron chi connectivity index (χ1n) is 12.6. The highest BCUT2D eigenvalue weighted by Crippen LogP contribution is 2.30. The maximum absolute atomic E-state index is 14.5. The van der Waals surface area contributed by atoms with Crippen molar-refractivity contribution in [3.63, 3.8) is 0 Å². The Morgan fingerprint density at radius 2 is 1.92 bits per heavy atom. The van der Waals surface area contributed by atoms with E-state index in [0.29, 0.717) is 37.9 Å². The molecule has 4 atom stereocenters. The maximum atomic E-state index is 14.5. The molecule has 2 rings (SSSR count). The second-order valence-electron chi connectivity index (χ2n) is 10.8. The first-order chi connectivity index (χ1) is 16.8. The number of amides is 1. The van der Waals surface area contributed by atoms with Gasteiger partial charge in [-0.2, -0.15) is 0 Å². The molecule has 1 aromatic rings. The molecule has 1 saturated heterocycles. The Bertz CT molecular complexity index is 872. The topological polar surface area (TPSA) is 74.3 Å². The number of nitrogens with zero attached hydrogens (tertiary/aromatic N) is 1. The fourth-order valence-electron chi connectivity index (χ4n) is 4.34. The van der Waals surface area contributed by atoms with E-state index in [0.717, 1.165) is 6.07 Å². The van der Waals surface area contributed by atoms with Crippen LogP contribution in [-0.4, -0.2) is 61.3 Å². The minimum absolute atomic E-state index is 0.138. The van der Waals surface area contributed by atoms with E-state index in [-0.39, 0.29) is 18.6 Å². The lowest BCUT2D eigenvalue weighted by Gasteiger charge is -2.33. The van der Waals surface area contributed by atoms with Crippen molar-refractivity contribution in [3.05, 3.63) is 35.4 Å². The van der Waals surface area contributed by atoms with Crippen LogP contribution in [0.3, 0.4) is 0 Å². The van der Waals surface area contributed by atoms with Gasteiger partial charge in [0, 0.05) is 19.8 Å². The second-order valence-corrected chi connectivity index (χ2v) is 10.8. The minimum atomic E-state index is -0.908. The van der Waals surface area contributed by atoms with Crippen LogP contribution in [0.2, 0.25) is 0 Å². The molecule has 0 aliphatic carbocycles. The predicted molar refractivity (Wildman–Crippen MR) is 131 cm³/mol. The van der Waals surface area contributed by atoms with Crippen molar-refractivity contribution in [1.29, 1.82) is 0 Å². The van der Waals surface area contributed by atoms with E-state index in [1.807, 2.05) is 13.8 Å². The normalized spacial score (nSPS) is 23.4. The predicted octanol–water partition coefficient (Wildman–Crippen LogP) is 5.49. The zero-order valence-corrected chi connectivity index (χ0v) is 22.5. The lowest BCUT2D eigenvalue weighted by atomic mass is 9.86. The van der Waals surface area contributed by atoms with Crippen molar-refractivity contribution in [2.75, 3.05) is 20.4 Å². The summed E-state index contributed by atoms with van der Waals surface area (Å²) in [7, 11) is 1.43. The SMILES string of the molecule is COCN(C(=O)OC(C)(C)C)C1CCCC(Cc2ccc(F)cc2F)C(OCC(C)C)C(C)OC1=O. The average molecular weight is 514 g/mol.